The SMILES string of the molecule is O=C(CSc1nnc(C2CC2)n1Cc1ccco1)c1ccc(NC(=O)c2ccccc2)cc1. The van der Waals surface area contributed by atoms with Crippen molar-refractivity contribution in [1.29, 1.82) is 0 Å². The standard InChI is InChI=1S/C25H22N4O3S/c30-22(17-10-12-20(13-11-17)26-24(31)19-5-2-1-3-6-19)16-33-25-28-27-23(18-8-9-18)29(25)15-21-7-4-14-32-21/h1-7,10-14,18H,8-9,15-16H2,(H,26,31). The summed E-state index contributed by atoms with van der Waals surface area (Å²) < 4.78 is 7.55. The Kier molecular flexibility index (Phi) is 6.08. The highest BCUT2D eigenvalue weighted by atomic mass is 32.2. The van der Waals surface area contributed by atoms with Gasteiger partial charge in [-0.1, -0.05) is 30.0 Å². The van der Waals surface area contributed by atoms with E-state index in [0.29, 0.717) is 34.4 Å². The number of anilines is 1. The van der Waals surface area contributed by atoms with Crippen molar-refractivity contribution < 1.29 is 14.0 Å². The molecule has 0 radical (unpaired) electrons. The van der Waals surface area contributed by atoms with Crippen molar-refractivity contribution in [2.75, 3.05) is 11.1 Å². The number of nitrogens with zero attached hydrogens (tertiary/aromatic N) is 3. The maximum atomic E-state index is 12.8. The Balaban J connectivity index is 1.22. The average molecular weight is 459 g/mol. The highest BCUT2D eigenvalue weighted by molar-refractivity contribution is 7.99. The minimum atomic E-state index is -0.187. The van der Waals surface area contributed by atoms with Crippen LogP contribution in [0.15, 0.2) is 82.6 Å². The van der Waals surface area contributed by atoms with Crippen molar-refractivity contribution in [3.63, 3.8) is 0 Å². The molecule has 1 saturated carbocycles. The monoisotopic (exact) mass is 458 g/mol. The van der Waals surface area contributed by atoms with Crippen LogP contribution in [-0.4, -0.2) is 32.2 Å². The van der Waals surface area contributed by atoms with Gasteiger partial charge in [-0.2, -0.15) is 0 Å². The fourth-order valence-corrected chi connectivity index (χ4v) is 4.34. The number of hydrogen-bond donors (Lipinski definition) is 1. The topological polar surface area (TPSA) is 90.0 Å². The first-order valence-electron chi connectivity index (χ1n) is 10.8. The molecule has 0 saturated heterocycles. The molecule has 2 aromatic carbocycles. The Morgan fingerprint density at radius 2 is 1.76 bits per heavy atom. The number of Topliss-reactive ketones (excluding diaryl/α,β-unsaturated/α-hetero) is 1. The minimum absolute atomic E-state index is 0.0125. The number of nitrogens with one attached hydrogen (secondary N) is 1. The molecule has 2 heterocycles. The molecular weight excluding hydrogens is 436 g/mol. The first-order chi connectivity index (χ1) is 16.2. The summed E-state index contributed by atoms with van der Waals surface area (Å²) in [5, 5.41) is 12.3. The number of carbonyl (C=O) groups excluding carboxylic acids is 2. The van der Waals surface area contributed by atoms with E-state index in [-0.39, 0.29) is 17.4 Å². The number of ketones is 1. The number of aromatic nitrogens is 3. The largest absolute Gasteiger partial charge is 0.467 e. The molecule has 166 valence electrons. The van der Waals surface area contributed by atoms with Gasteiger partial charge in [0.15, 0.2) is 10.9 Å². The molecule has 1 aliphatic carbocycles. The molecule has 8 heteroatoms. The lowest BCUT2D eigenvalue weighted by atomic mass is 10.1. The van der Waals surface area contributed by atoms with Gasteiger partial charge in [-0.05, 0) is 61.4 Å². The molecule has 0 atom stereocenters. The van der Waals surface area contributed by atoms with Gasteiger partial charge in [0.1, 0.15) is 11.6 Å². The van der Waals surface area contributed by atoms with E-state index in [1.807, 2.05) is 30.3 Å². The van der Waals surface area contributed by atoms with Crippen LogP contribution in [0.4, 0.5) is 5.69 Å². The van der Waals surface area contributed by atoms with Crippen molar-refractivity contribution in [2.24, 2.45) is 0 Å². The highest BCUT2D eigenvalue weighted by Gasteiger charge is 2.30. The molecule has 1 N–H and O–H groups in total. The fourth-order valence-electron chi connectivity index (χ4n) is 3.50. The van der Waals surface area contributed by atoms with E-state index in [1.54, 1.807) is 42.7 Å². The molecule has 1 amide bonds. The van der Waals surface area contributed by atoms with E-state index in [0.717, 1.165) is 24.4 Å². The molecule has 1 aliphatic rings. The third-order valence-corrected chi connectivity index (χ3v) is 6.38. The van der Waals surface area contributed by atoms with E-state index in [4.69, 9.17) is 4.42 Å². The zero-order chi connectivity index (χ0) is 22.6. The number of hydrogen-bond acceptors (Lipinski definition) is 6. The van der Waals surface area contributed by atoms with E-state index in [9.17, 15) is 9.59 Å². The summed E-state index contributed by atoms with van der Waals surface area (Å²) in [5.74, 6) is 2.28. The van der Waals surface area contributed by atoms with Crippen molar-refractivity contribution in [3.8, 4) is 0 Å². The Morgan fingerprint density at radius 1 is 0.970 bits per heavy atom. The molecule has 0 aliphatic heterocycles. The number of benzene rings is 2. The summed E-state index contributed by atoms with van der Waals surface area (Å²) in [6.07, 6.45) is 3.89. The molecule has 7 nitrogen and oxygen atoms in total. The van der Waals surface area contributed by atoms with Crippen LogP contribution in [0.2, 0.25) is 0 Å². The number of furan rings is 1. The Bertz CT molecular complexity index is 1250. The predicted octanol–water partition coefficient (Wildman–Crippen LogP) is 5.02. The molecule has 4 aromatic rings. The van der Waals surface area contributed by atoms with Gasteiger partial charge in [-0.3, -0.25) is 14.2 Å². The number of rotatable bonds is 9. The van der Waals surface area contributed by atoms with E-state index in [2.05, 4.69) is 20.1 Å². The van der Waals surface area contributed by atoms with Crippen LogP contribution < -0.4 is 5.32 Å². The average Bonchev–Trinajstić information content (AvgIpc) is 3.41. The van der Waals surface area contributed by atoms with Crippen molar-refractivity contribution in [2.45, 2.75) is 30.5 Å². The van der Waals surface area contributed by atoms with E-state index < -0.39 is 0 Å². The third kappa shape index (κ3) is 5.06. The summed E-state index contributed by atoms with van der Waals surface area (Å²) in [7, 11) is 0. The van der Waals surface area contributed by atoms with Gasteiger partial charge in [-0.15, -0.1) is 10.2 Å². The first-order valence-corrected chi connectivity index (χ1v) is 11.7. The minimum Gasteiger partial charge on any atom is -0.467 e. The van der Waals surface area contributed by atoms with Crippen molar-refractivity contribution >= 4 is 29.1 Å². The van der Waals surface area contributed by atoms with Crippen LogP contribution in [0.1, 0.15) is 51.1 Å². The quantitative estimate of drug-likeness (QED) is 0.280. The van der Waals surface area contributed by atoms with Gasteiger partial charge in [0.2, 0.25) is 0 Å². The molecule has 0 bridgehead atoms. The summed E-state index contributed by atoms with van der Waals surface area (Å²) >= 11 is 1.38. The normalized spacial score (nSPS) is 13.1. The van der Waals surface area contributed by atoms with Gasteiger partial charge in [-0.25, -0.2) is 0 Å². The lowest BCUT2D eigenvalue weighted by Gasteiger charge is -2.08. The third-order valence-electron chi connectivity index (χ3n) is 5.42. The zero-order valence-corrected chi connectivity index (χ0v) is 18.6. The second kappa shape index (κ2) is 9.46. The number of amides is 1. The molecular formula is C25H22N4O3S. The van der Waals surface area contributed by atoms with Crippen molar-refractivity contribution in [3.05, 3.63) is 95.7 Å². The Morgan fingerprint density at radius 3 is 2.45 bits per heavy atom. The van der Waals surface area contributed by atoms with Gasteiger partial charge in [0.05, 0.1) is 18.6 Å². The van der Waals surface area contributed by atoms with Crippen LogP contribution >= 0.6 is 11.8 Å². The lowest BCUT2D eigenvalue weighted by molar-refractivity contribution is 0.101. The second-order valence-electron chi connectivity index (χ2n) is 7.89. The van der Waals surface area contributed by atoms with Crippen LogP contribution in [0.5, 0.6) is 0 Å². The second-order valence-corrected chi connectivity index (χ2v) is 8.83. The smallest absolute Gasteiger partial charge is 0.255 e. The number of thioether (sulfide) groups is 1. The van der Waals surface area contributed by atoms with E-state index in [1.165, 1.54) is 11.8 Å². The van der Waals surface area contributed by atoms with Crippen molar-refractivity contribution in [1.82, 2.24) is 14.8 Å². The molecule has 1 fully saturated rings. The first kappa shape index (κ1) is 21.2. The van der Waals surface area contributed by atoms with Crippen LogP contribution in [-0.2, 0) is 6.54 Å². The fraction of sp³-hybridized carbons (Fsp3) is 0.200. The Labute approximate surface area is 195 Å². The van der Waals surface area contributed by atoms with Gasteiger partial charge in [0.25, 0.3) is 5.91 Å². The zero-order valence-electron chi connectivity index (χ0n) is 17.8. The van der Waals surface area contributed by atoms with Gasteiger partial charge >= 0.3 is 0 Å². The molecule has 0 spiro atoms. The maximum absolute atomic E-state index is 12.8. The summed E-state index contributed by atoms with van der Waals surface area (Å²) in [5.41, 5.74) is 1.80. The summed E-state index contributed by atoms with van der Waals surface area (Å²) in [6, 6.07) is 19.7. The van der Waals surface area contributed by atoms with Crippen LogP contribution in [0, 0.1) is 0 Å². The van der Waals surface area contributed by atoms with Gasteiger partial charge < -0.3 is 9.73 Å². The molecule has 0 unspecified atom stereocenters. The maximum Gasteiger partial charge on any atom is 0.255 e. The van der Waals surface area contributed by atoms with Gasteiger partial charge in [0, 0.05) is 22.7 Å². The summed E-state index contributed by atoms with van der Waals surface area (Å²) in [4.78, 5) is 25.1. The van der Waals surface area contributed by atoms with Crippen LogP contribution in [0.25, 0.3) is 0 Å². The van der Waals surface area contributed by atoms with E-state index >= 15 is 0 Å². The molecule has 5 rings (SSSR count). The Hall–Kier alpha value is -3.65. The summed E-state index contributed by atoms with van der Waals surface area (Å²) in [6.45, 7) is 0.554. The molecule has 33 heavy (non-hydrogen) atoms. The highest BCUT2D eigenvalue weighted by Crippen LogP contribution is 2.40. The van der Waals surface area contributed by atoms with Crippen LogP contribution in [0.3, 0.4) is 0 Å². The lowest BCUT2D eigenvalue weighted by Crippen LogP contribution is -2.12. The number of carbonyl (C=O) groups is 2. The molecule has 2 aromatic heterocycles. The predicted molar refractivity (Wildman–Crippen MR) is 126 cm³/mol.